The Morgan fingerprint density at radius 2 is 1.77 bits per heavy atom. The molecule has 2 atom stereocenters. The molecule has 2 aliphatic heterocycles. The Kier molecular flexibility index (Phi) is 10.0. The van der Waals surface area contributed by atoms with Gasteiger partial charge in [0.1, 0.15) is 6.04 Å². The summed E-state index contributed by atoms with van der Waals surface area (Å²) in [6, 6.07) is 11.9. The number of halogens is 4. The Hall–Kier alpha value is -4.20. The van der Waals surface area contributed by atoms with E-state index in [2.05, 4.69) is 15.6 Å². The molecule has 2 fully saturated rings. The number of carbonyl (C=O) groups is 3. The lowest BCUT2D eigenvalue weighted by atomic mass is 9.96. The molecule has 17 heteroatoms. The molecule has 2 saturated heterocycles. The molecule has 5 rings (SSSR count). The summed E-state index contributed by atoms with van der Waals surface area (Å²) < 4.78 is 62.0. The quantitative estimate of drug-likeness (QED) is 0.297. The number of aromatic nitrogens is 1. The number of alkyl halides is 2. The molecule has 0 saturated carbocycles. The highest BCUT2D eigenvalue weighted by atomic mass is 35.5. The van der Waals surface area contributed by atoms with E-state index in [1.165, 1.54) is 42.7 Å². The molecular weight excluding hydrogens is 693 g/mol. The second-order valence-electron chi connectivity index (χ2n) is 11.2. The fraction of sp³-hybridized carbons (Fsp3) is 0.323. The van der Waals surface area contributed by atoms with Gasteiger partial charge < -0.3 is 15.4 Å². The summed E-state index contributed by atoms with van der Waals surface area (Å²) in [6.07, 6.45) is 2.46. The predicted molar refractivity (Wildman–Crippen MR) is 170 cm³/mol. The number of nitriles is 1. The van der Waals surface area contributed by atoms with Crippen LogP contribution in [0.5, 0.6) is 0 Å². The van der Waals surface area contributed by atoms with Crippen LogP contribution in [-0.4, -0.2) is 84.8 Å². The molecule has 0 bridgehead atoms. The van der Waals surface area contributed by atoms with E-state index < -0.39 is 58.5 Å². The largest absolute Gasteiger partial charge is 0.467 e. The van der Waals surface area contributed by atoms with E-state index >= 15 is 0 Å². The third kappa shape index (κ3) is 6.85. The molecule has 12 nitrogen and oxygen atoms in total. The lowest BCUT2D eigenvalue weighted by molar-refractivity contribution is -0.193. The summed E-state index contributed by atoms with van der Waals surface area (Å²) in [4.78, 5) is 44.4. The molecule has 2 aromatic carbocycles. The number of esters is 1. The number of amides is 2. The van der Waals surface area contributed by atoms with Crippen molar-refractivity contribution in [2.45, 2.75) is 41.8 Å². The molecule has 1 aromatic heterocycles. The van der Waals surface area contributed by atoms with Crippen molar-refractivity contribution in [3.63, 3.8) is 0 Å². The fourth-order valence-electron chi connectivity index (χ4n) is 5.80. The molecule has 2 N–H and O–H groups in total. The Labute approximate surface area is 284 Å². The van der Waals surface area contributed by atoms with Crippen LogP contribution in [0.1, 0.15) is 34.3 Å². The summed E-state index contributed by atoms with van der Waals surface area (Å²) >= 11 is 12.1. The average Bonchev–Trinajstić information content (AvgIpc) is 3.51. The maximum absolute atomic E-state index is 14.2. The van der Waals surface area contributed by atoms with Gasteiger partial charge >= 0.3 is 5.97 Å². The number of hydrogen-bond acceptors (Lipinski definition) is 9. The van der Waals surface area contributed by atoms with Gasteiger partial charge in [-0.05, 0) is 48.7 Å². The zero-order valence-corrected chi connectivity index (χ0v) is 27.6. The number of carbonyl (C=O) groups excluding carboxylic acids is 3. The standard InChI is InChI=1S/C31H28Cl2F2N6O6S/c1-47-28(43)25(13-19-6-8-21(9-7-19)38-27(42)26-23(32)15-37-16-24(26)33)39-29(44)31(40-17-30(34,35)18-40)10-3-11-41(31)48(45,46)22-5-2-4-20(12-22)14-36/h2,4-9,12,15-16,25H,3,10-11,13,17-18H2,1H3,(H,38,42)(H,39,44). The molecule has 0 aliphatic carbocycles. The van der Waals surface area contributed by atoms with E-state index in [0.717, 1.165) is 22.4 Å². The number of benzene rings is 2. The van der Waals surface area contributed by atoms with Crippen LogP contribution in [0.15, 0.2) is 65.8 Å². The Bertz CT molecular complexity index is 1880. The van der Waals surface area contributed by atoms with Gasteiger partial charge in [0.05, 0.1) is 52.3 Å². The molecule has 252 valence electrons. The van der Waals surface area contributed by atoms with Crippen molar-refractivity contribution < 1.29 is 36.3 Å². The SMILES string of the molecule is COC(=O)C(Cc1ccc(NC(=O)c2c(Cl)cncc2Cl)cc1)NC(=O)C1(N2CC(F)(F)C2)CCCN1S(=O)(=O)c1cccc(C#N)c1. The molecule has 2 aliphatic rings. The van der Waals surface area contributed by atoms with Crippen LogP contribution in [-0.2, 0) is 30.8 Å². The maximum atomic E-state index is 14.2. The van der Waals surface area contributed by atoms with Crippen molar-refractivity contribution in [2.24, 2.45) is 0 Å². The molecule has 3 aromatic rings. The second kappa shape index (κ2) is 13.7. The lowest BCUT2D eigenvalue weighted by Gasteiger charge is -2.52. The Morgan fingerprint density at radius 1 is 1.10 bits per heavy atom. The molecule has 48 heavy (non-hydrogen) atoms. The van der Waals surface area contributed by atoms with Gasteiger partial charge in [-0.15, -0.1) is 0 Å². The topological polar surface area (TPSA) is 162 Å². The number of nitrogens with zero attached hydrogens (tertiary/aromatic N) is 4. The van der Waals surface area contributed by atoms with Crippen LogP contribution < -0.4 is 10.6 Å². The zero-order valence-electron chi connectivity index (χ0n) is 25.3. The number of ether oxygens (including phenoxy) is 1. The Balaban J connectivity index is 1.40. The van der Waals surface area contributed by atoms with Crippen molar-refractivity contribution in [1.82, 2.24) is 19.5 Å². The van der Waals surface area contributed by atoms with Gasteiger partial charge in [-0.25, -0.2) is 22.0 Å². The summed E-state index contributed by atoms with van der Waals surface area (Å²) in [5, 5.41) is 14.6. The zero-order chi connectivity index (χ0) is 34.9. The van der Waals surface area contributed by atoms with Crippen molar-refractivity contribution in [2.75, 3.05) is 32.1 Å². The summed E-state index contributed by atoms with van der Waals surface area (Å²) in [7, 11) is -3.37. The normalized spacial score (nSPS) is 19.8. The minimum absolute atomic E-state index is 0.0283. The van der Waals surface area contributed by atoms with Crippen molar-refractivity contribution in [1.29, 1.82) is 5.26 Å². The van der Waals surface area contributed by atoms with Gasteiger partial charge in [0, 0.05) is 31.0 Å². The summed E-state index contributed by atoms with van der Waals surface area (Å²) in [5.74, 6) is -5.57. The highest BCUT2D eigenvalue weighted by molar-refractivity contribution is 7.89. The maximum Gasteiger partial charge on any atom is 0.328 e. The first-order valence-corrected chi connectivity index (χ1v) is 16.7. The van der Waals surface area contributed by atoms with E-state index in [1.807, 2.05) is 6.07 Å². The Morgan fingerprint density at radius 3 is 2.38 bits per heavy atom. The van der Waals surface area contributed by atoms with Gasteiger partial charge in [-0.1, -0.05) is 41.4 Å². The second-order valence-corrected chi connectivity index (χ2v) is 13.9. The number of rotatable bonds is 10. The average molecular weight is 722 g/mol. The summed E-state index contributed by atoms with van der Waals surface area (Å²) in [6.45, 7) is -1.92. The summed E-state index contributed by atoms with van der Waals surface area (Å²) in [5.41, 5.74) is -1.13. The third-order valence-corrected chi connectivity index (χ3v) is 10.6. The number of anilines is 1. The van der Waals surface area contributed by atoms with Crippen molar-refractivity contribution in [3.05, 3.63) is 87.7 Å². The number of likely N-dealkylation sites (tertiary alicyclic amines) is 1. The van der Waals surface area contributed by atoms with Crippen molar-refractivity contribution in [3.8, 4) is 6.07 Å². The highest BCUT2D eigenvalue weighted by Crippen LogP contribution is 2.44. The fourth-order valence-corrected chi connectivity index (χ4v) is 8.18. The first-order chi connectivity index (χ1) is 22.7. The van der Waals surface area contributed by atoms with Crippen LogP contribution in [0.25, 0.3) is 0 Å². The smallest absolute Gasteiger partial charge is 0.328 e. The number of nitrogens with one attached hydrogen (secondary N) is 2. The van der Waals surface area contributed by atoms with Crippen molar-refractivity contribution >= 4 is 56.7 Å². The third-order valence-electron chi connectivity index (χ3n) is 8.10. The molecule has 2 unspecified atom stereocenters. The number of methoxy groups -OCH3 is 1. The van der Waals surface area contributed by atoms with Gasteiger partial charge in [-0.3, -0.25) is 19.5 Å². The monoisotopic (exact) mass is 720 g/mol. The number of pyridine rings is 1. The molecular formula is C31H28Cl2F2N6O6S. The predicted octanol–water partition coefficient (Wildman–Crippen LogP) is 3.84. The van der Waals surface area contributed by atoms with Gasteiger partial charge in [0.25, 0.3) is 17.7 Å². The van der Waals surface area contributed by atoms with E-state index in [0.29, 0.717) is 11.3 Å². The van der Waals surface area contributed by atoms with E-state index in [4.69, 9.17) is 27.9 Å². The van der Waals surface area contributed by atoms with Crippen LogP contribution in [0.4, 0.5) is 14.5 Å². The molecule has 0 radical (unpaired) electrons. The van der Waals surface area contributed by atoms with Gasteiger partial charge in [0.15, 0.2) is 5.66 Å². The molecule has 2 amide bonds. The van der Waals surface area contributed by atoms with Crippen LogP contribution in [0, 0.1) is 11.3 Å². The van der Waals surface area contributed by atoms with E-state index in [9.17, 15) is 36.8 Å². The van der Waals surface area contributed by atoms with Gasteiger partial charge in [-0.2, -0.15) is 9.57 Å². The van der Waals surface area contributed by atoms with Crippen LogP contribution >= 0.6 is 23.2 Å². The molecule has 3 heterocycles. The minimum atomic E-state index is -4.48. The number of sulfonamides is 1. The highest BCUT2D eigenvalue weighted by Gasteiger charge is 2.63. The first kappa shape index (κ1) is 35.1. The first-order valence-electron chi connectivity index (χ1n) is 14.5. The van der Waals surface area contributed by atoms with Crippen LogP contribution in [0.2, 0.25) is 10.0 Å². The lowest BCUT2D eigenvalue weighted by Crippen LogP contribution is -2.75. The van der Waals surface area contributed by atoms with Gasteiger partial charge in [0.2, 0.25) is 10.0 Å². The minimum Gasteiger partial charge on any atom is -0.467 e. The van der Waals surface area contributed by atoms with E-state index in [1.54, 1.807) is 12.1 Å². The van der Waals surface area contributed by atoms with E-state index in [-0.39, 0.29) is 51.9 Å². The number of hydrogen-bond donors (Lipinski definition) is 2. The van der Waals surface area contributed by atoms with Crippen LogP contribution in [0.3, 0.4) is 0 Å². The molecule has 0 spiro atoms.